The molecule has 0 aliphatic carbocycles. The van der Waals surface area contributed by atoms with Gasteiger partial charge in [0, 0.05) is 11.5 Å². The summed E-state index contributed by atoms with van der Waals surface area (Å²) in [6.07, 6.45) is 1.63. The van der Waals surface area contributed by atoms with Crippen LogP contribution in [0.5, 0.6) is 5.75 Å². The number of amides is 1. The Labute approximate surface area is 123 Å². The number of halogens is 1. The van der Waals surface area contributed by atoms with Gasteiger partial charge in [-0.2, -0.15) is 0 Å². The summed E-state index contributed by atoms with van der Waals surface area (Å²) in [6, 6.07) is 7.20. The molecule has 0 spiro atoms. The predicted octanol–water partition coefficient (Wildman–Crippen LogP) is 2.41. The van der Waals surface area contributed by atoms with E-state index in [1.165, 1.54) is 0 Å². The van der Waals surface area contributed by atoms with Crippen molar-refractivity contribution in [3.8, 4) is 5.75 Å². The average Bonchev–Trinajstić information content (AvgIpc) is 2.40. The van der Waals surface area contributed by atoms with Gasteiger partial charge in [0.15, 0.2) is 0 Å². The SMILES string of the molecule is CCC[C@@H](N)C(=O)N(C)CCOc1ccc(Br)cc1. The molecule has 1 amide bonds. The molecule has 0 fully saturated rings. The van der Waals surface area contributed by atoms with Gasteiger partial charge in [-0.25, -0.2) is 0 Å². The Morgan fingerprint density at radius 1 is 1.42 bits per heavy atom. The van der Waals surface area contributed by atoms with Crippen LogP contribution in [0.4, 0.5) is 0 Å². The summed E-state index contributed by atoms with van der Waals surface area (Å²) in [5.41, 5.74) is 5.79. The van der Waals surface area contributed by atoms with Gasteiger partial charge < -0.3 is 15.4 Å². The first-order chi connectivity index (χ1) is 9.04. The van der Waals surface area contributed by atoms with Crippen molar-refractivity contribution in [1.82, 2.24) is 4.90 Å². The van der Waals surface area contributed by atoms with Crippen LogP contribution in [0.1, 0.15) is 19.8 Å². The first-order valence-electron chi connectivity index (χ1n) is 6.43. The van der Waals surface area contributed by atoms with Gasteiger partial charge in [-0.05, 0) is 30.7 Å². The second-order valence-electron chi connectivity index (χ2n) is 4.46. The van der Waals surface area contributed by atoms with E-state index < -0.39 is 6.04 Å². The molecule has 19 heavy (non-hydrogen) atoms. The Hall–Kier alpha value is -1.07. The number of likely N-dealkylation sites (N-methyl/N-ethyl adjacent to an activating group) is 1. The quantitative estimate of drug-likeness (QED) is 0.836. The Bertz CT molecular complexity index is 395. The largest absolute Gasteiger partial charge is 0.492 e. The molecule has 106 valence electrons. The van der Waals surface area contributed by atoms with Crippen molar-refractivity contribution in [2.24, 2.45) is 5.73 Å². The standard InChI is InChI=1S/C14H21BrN2O2/c1-3-4-13(16)14(18)17(2)9-10-19-12-7-5-11(15)6-8-12/h5-8,13H,3-4,9-10,16H2,1-2H3/t13-/m1/s1. The Kier molecular flexibility index (Phi) is 6.87. The van der Waals surface area contributed by atoms with Gasteiger partial charge in [0.25, 0.3) is 0 Å². The van der Waals surface area contributed by atoms with E-state index in [0.717, 1.165) is 23.1 Å². The molecule has 0 bridgehead atoms. The third-order valence-corrected chi connectivity index (χ3v) is 3.33. The second-order valence-corrected chi connectivity index (χ2v) is 5.37. The van der Waals surface area contributed by atoms with Gasteiger partial charge in [0.2, 0.25) is 5.91 Å². The molecule has 0 radical (unpaired) electrons. The fourth-order valence-electron chi connectivity index (χ4n) is 1.66. The van der Waals surface area contributed by atoms with Crippen molar-refractivity contribution >= 4 is 21.8 Å². The number of nitrogens with zero attached hydrogens (tertiary/aromatic N) is 1. The molecule has 1 aromatic carbocycles. The zero-order valence-corrected chi connectivity index (χ0v) is 13.0. The first kappa shape index (κ1) is 16.0. The molecule has 4 nitrogen and oxygen atoms in total. The van der Waals surface area contributed by atoms with Crippen LogP contribution in [0.15, 0.2) is 28.7 Å². The zero-order valence-electron chi connectivity index (χ0n) is 11.4. The van der Waals surface area contributed by atoms with E-state index in [1.807, 2.05) is 31.2 Å². The fourth-order valence-corrected chi connectivity index (χ4v) is 1.92. The van der Waals surface area contributed by atoms with E-state index >= 15 is 0 Å². The van der Waals surface area contributed by atoms with Gasteiger partial charge in [0.05, 0.1) is 12.6 Å². The summed E-state index contributed by atoms with van der Waals surface area (Å²) in [6.45, 7) is 3.01. The van der Waals surface area contributed by atoms with Crippen molar-refractivity contribution < 1.29 is 9.53 Å². The van der Waals surface area contributed by atoms with Gasteiger partial charge in [-0.1, -0.05) is 29.3 Å². The van der Waals surface area contributed by atoms with Gasteiger partial charge in [-0.15, -0.1) is 0 Å². The zero-order chi connectivity index (χ0) is 14.3. The number of carbonyl (C=O) groups is 1. The minimum absolute atomic E-state index is 0.0266. The molecule has 1 aromatic rings. The Morgan fingerprint density at radius 2 is 2.05 bits per heavy atom. The molecule has 0 saturated heterocycles. The van der Waals surface area contributed by atoms with Gasteiger partial charge in [0.1, 0.15) is 12.4 Å². The topological polar surface area (TPSA) is 55.6 Å². The van der Waals surface area contributed by atoms with Crippen LogP contribution in [0.2, 0.25) is 0 Å². The molecule has 1 atom stereocenters. The molecular formula is C14H21BrN2O2. The third kappa shape index (κ3) is 5.61. The minimum atomic E-state index is -0.400. The van der Waals surface area contributed by atoms with Gasteiger partial charge in [-0.3, -0.25) is 4.79 Å². The van der Waals surface area contributed by atoms with Crippen molar-refractivity contribution in [2.75, 3.05) is 20.2 Å². The maximum Gasteiger partial charge on any atom is 0.239 e. The van der Waals surface area contributed by atoms with Crippen LogP contribution < -0.4 is 10.5 Å². The lowest BCUT2D eigenvalue weighted by Gasteiger charge is -2.21. The molecule has 0 aliphatic rings. The number of ether oxygens (including phenoxy) is 1. The van der Waals surface area contributed by atoms with Crippen LogP contribution in [-0.4, -0.2) is 37.0 Å². The number of hydrogen-bond donors (Lipinski definition) is 1. The van der Waals surface area contributed by atoms with E-state index in [-0.39, 0.29) is 5.91 Å². The molecule has 5 heteroatoms. The molecule has 0 aromatic heterocycles. The number of rotatable bonds is 7. The normalized spacial score (nSPS) is 12.0. The number of benzene rings is 1. The highest BCUT2D eigenvalue weighted by atomic mass is 79.9. The molecule has 0 heterocycles. The summed E-state index contributed by atoms with van der Waals surface area (Å²) < 4.78 is 6.58. The molecule has 0 aliphatic heterocycles. The smallest absolute Gasteiger partial charge is 0.239 e. The van der Waals surface area contributed by atoms with Crippen LogP contribution in [0, 0.1) is 0 Å². The minimum Gasteiger partial charge on any atom is -0.492 e. The maximum atomic E-state index is 11.9. The lowest BCUT2D eigenvalue weighted by molar-refractivity contribution is -0.131. The lowest BCUT2D eigenvalue weighted by Crippen LogP contribution is -2.43. The summed E-state index contributed by atoms with van der Waals surface area (Å²) in [7, 11) is 1.75. The highest BCUT2D eigenvalue weighted by Gasteiger charge is 2.16. The summed E-state index contributed by atoms with van der Waals surface area (Å²) in [5, 5.41) is 0. The Balaban J connectivity index is 2.32. The highest BCUT2D eigenvalue weighted by molar-refractivity contribution is 9.10. The maximum absolute atomic E-state index is 11.9. The number of carbonyl (C=O) groups excluding carboxylic acids is 1. The van der Waals surface area contributed by atoms with Crippen LogP contribution in [0.3, 0.4) is 0 Å². The van der Waals surface area contributed by atoms with E-state index in [1.54, 1.807) is 11.9 Å². The average molecular weight is 329 g/mol. The number of hydrogen-bond acceptors (Lipinski definition) is 3. The van der Waals surface area contributed by atoms with Crippen molar-refractivity contribution in [1.29, 1.82) is 0 Å². The lowest BCUT2D eigenvalue weighted by atomic mass is 10.1. The van der Waals surface area contributed by atoms with E-state index in [0.29, 0.717) is 13.2 Å². The molecule has 1 rings (SSSR count). The third-order valence-electron chi connectivity index (χ3n) is 2.80. The van der Waals surface area contributed by atoms with Crippen LogP contribution in [-0.2, 0) is 4.79 Å². The van der Waals surface area contributed by atoms with Crippen LogP contribution in [0.25, 0.3) is 0 Å². The van der Waals surface area contributed by atoms with Crippen LogP contribution >= 0.6 is 15.9 Å². The highest BCUT2D eigenvalue weighted by Crippen LogP contribution is 2.15. The van der Waals surface area contributed by atoms with Crippen molar-refractivity contribution in [3.63, 3.8) is 0 Å². The molecule has 0 saturated carbocycles. The van der Waals surface area contributed by atoms with Gasteiger partial charge >= 0.3 is 0 Å². The molecule has 0 unspecified atom stereocenters. The summed E-state index contributed by atoms with van der Waals surface area (Å²) >= 11 is 3.36. The molecule has 2 N–H and O–H groups in total. The van der Waals surface area contributed by atoms with E-state index in [4.69, 9.17) is 10.5 Å². The monoisotopic (exact) mass is 328 g/mol. The first-order valence-corrected chi connectivity index (χ1v) is 7.22. The summed E-state index contributed by atoms with van der Waals surface area (Å²) in [4.78, 5) is 13.5. The predicted molar refractivity (Wildman–Crippen MR) is 80.2 cm³/mol. The van der Waals surface area contributed by atoms with Crippen molar-refractivity contribution in [2.45, 2.75) is 25.8 Å². The number of nitrogens with two attached hydrogens (primary N) is 1. The Morgan fingerprint density at radius 3 is 2.63 bits per heavy atom. The van der Waals surface area contributed by atoms with E-state index in [2.05, 4.69) is 15.9 Å². The summed E-state index contributed by atoms with van der Waals surface area (Å²) in [5.74, 6) is 0.767. The molecular weight excluding hydrogens is 308 g/mol. The fraction of sp³-hybridized carbons (Fsp3) is 0.500. The second kappa shape index (κ2) is 8.17. The van der Waals surface area contributed by atoms with Crippen molar-refractivity contribution in [3.05, 3.63) is 28.7 Å². The van der Waals surface area contributed by atoms with E-state index in [9.17, 15) is 4.79 Å².